The maximum atomic E-state index is 10.5. The normalized spacial score (nSPS) is 11.0. The lowest BCUT2D eigenvalue weighted by Crippen LogP contribution is -3.00. The number of hydrogen-bond acceptors (Lipinski definition) is 3. The minimum atomic E-state index is -1.00. The summed E-state index contributed by atoms with van der Waals surface area (Å²) in [6.07, 6.45) is 0. The summed E-state index contributed by atoms with van der Waals surface area (Å²) in [7, 11) is 5.92. The molecular weight excluding hydrogens is 280 g/mol. The number of likely N-dealkylation sites (N-methyl/N-ethyl adjacent to an activating group) is 1. The Morgan fingerprint density at radius 2 is 1.44 bits per heavy atom. The van der Waals surface area contributed by atoms with Gasteiger partial charge in [0.25, 0.3) is 0 Å². The van der Waals surface area contributed by atoms with E-state index < -0.39 is 11.9 Å². The van der Waals surface area contributed by atoms with E-state index in [-0.39, 0.29) is 30.1 Å². The highest BCUT2D eigenvalue weighted by molar-refractivity contribution is 5.72. The van der Waals surface area contributed by atoms with Crippen LogP contribution in [0.2, 0.25) is 0 Å². The Kier molecular flexibility index (Phi) is 8.41. The third kappa shape index (κ3) is 11.4. The Balaban J connectivity index is 0. The topological polar surface area (TPSA) is 77.8 Å². The Morgan fingerprint density at radius 1 is 1.06 bits per heavy atom. The highest BCUT2D eigenvalue weighted by Gasteiger charge is 2.16. The van der Waals surface area contributed by atoms with E-state index in [4.69, 9.17) is 10.2 Å². The molecule has 0 heterocycles. The van der Waals surface area contributed by atoms with Crippen molar-refractivity contribution < 1.29 is 41.3 Å². The SMILES string of the molecule is C[N+](C)(C)CCN(CC(=O)O)CC(=O)O.[Br-]. The lowest BCUT2D eigenvalue weighted by molar-refractivity contribution is -0.869. The minimum Gasteiger partial charge on any atom is -1.00 e. The first kappa shape index (κ1) is 17.7. The van der Waals surface area contributed by atoms with Gasteiger partial charge in [0.1, 0.15) is 0 Å². The number of nitrogens with zero attached hydrogens (tertiary/aromatic N) is 2. The van der Waals surface area contributed by atoms with E-state index in [9.17, 15) is 9.59 Å². The zero-order valence-corrected chi connectivity index (χ0v) is 11.4. The standard InChI is InChI=1S/C9H18N2O4.BrH/c1-11(2,3)5-4-10(6-8(12)13)7-9(14)15;/h4-7H2,1-3H3,(H-,12,13,14,15);1H. The average Bonchev–Trinajstić information content (AvgIpc) is 1.96. The van der Waals surface area contributed by atoms with Gasteiger partial charge in [0.05, 0.1) is 40.8 Å². The van der Waals surface area contributed by atoms with Crippen LogP contribution in [0.25, 0.3) is 0 Å². The van der Waals surface area contributed by atoms with Gasteiger partial charge in [0.15, 0.2) is 0 Å². The first-order chi connectivity index (χ1) is 6.70. The van der Waals surface area contributed by atoms with Gasteiger partial charge in [-0.25, -0.2) is 0 Å². The van der Waals surface area contributed by atoms with Crippen LogP contribution in [0.15, 0.2) is 0 Å². The summed E-state index contributed by atoms with van der Waals surface area (Å²) in [6, 6.07) is 0. The lowest BCUT2D eigenvalue weighted by Gasteiger charge is -2.27. The molecule has 0 unspecified atom stereocenters. The van der Waals surface area contributed by atoms with Crippen LogP contribution in [0.5, 0.6) is 0 Å². The van der Waals surface area contributed by atoms with Crippen LogP contribution in [-0.4, -0.2) is 78.9 Å². The molecule has 0 spiro atoms. The zero-order valence-electron chi connectivity index (χ0n) is 9.81. The molecule has 7 heteroatoms. The second-order valence-corrected chi connectivity index (χ2v) is 4.51. The number of halogens is 1. The maximum absolute atomic E-state index is 10.5. The van der Waals surface area contributed by atoms with Crippen molar-refractivity contribution in [1.29, 1.82) is 0 Å². The molecule has 0 aromatic heterocycles. The smallest absolute Gasteiger partial charge is 0.317 e. The fraction of sp³-hybridized carbons (Fsp3) is 0.778. The molecule has 0 bridgehead atoms. The highest BCUT2D eigenvalue weighted by atomic mass is 79.9. The molecule has 16 heavy (non-hydrogen) atoms. The molecule has 2 N–H and O–H groups in total. The molecular formula is C9H19BrN2O4. The van der Waals surface area contributed by atoms with E-state index in [0.29, 0.717) is 17.6 Å². The van der Waals surface area contributed by atoms with E-state index >= 15 is 0 Å². The van der Waals surface area contributed by atoms with E-state index in [1.165, 1.54) is 4.90 Å². The number of carboxylic acids is 2. The molecule has 0 rings (SSSR count). The molecule has 0 aliphatic rings. The van der Waals surface area contributed by atoms with Crippen LogP contribution in [0.4, 0.5) is 0 Å². The van der Waals surface area contributed by atoms with Crippen molar-refractivity contribution in [3.05, 3.63) is 0 Å². The van der Waals surface area contributed by atoms with Crippen molar-refractivity contribution in [3.63, 3.8) is 0 Å². The van der Waals surface area contributed by atoms with Crippen molar-refractivity contribution in [2.45, 2.75) is 0 Å². The maximum Gasteiger partial charge on any atom is 0.317 e. The summed E-state index contributed by atoms with van der Waals surface area (Å²) in [5.74, 6) is -2.00. The number of hydrogen-bond donors (Lipinski definition) is 2. The van der Waals surface area contributed by atoms with E-state index in [2.05, 4.69) is 0 Å². The summed E-state index contributed by atoms with van der Waals surface area (Å²) in [5.41, 5.74) is 0. The van der Waals surface area contributed by atoms with Gasteiger partial charge >= 0.3 is 11.9 Å². The van der Waals surface area contributed by atoms with E-state index in [1.807, 2.05) is 21.1 Å². The average molecular weight is 299 g/mol. The van der Waals surface area contributed by atoms with Gasteiger partial charge in [-0.2, -0.15) is 0 Å². The third-order valence-electron chi connectivity index (χ3n) is 1.80. The molecule has 0 atom stereocenters. The summed E-state index contributed by atoms with van der Waals surface area (Å²) in [5, 5.41) is 17.2. The van der Waals surface area contributed by atoms with Crippen molar-refractivity contribution in [3.8, 4) is 0 Å². The van der Waals surface area contributed by atoms with Crippen LogP contribution in [0.1, 0.15) is 0 Å². The van der Waals surface area contributed by atoms with Crippen LogP contribution < -0.4 is 17.0 Å². The van der Waals surface area contributed by atoms with Gasteiger partial charge in [-0.15, -0.1) is 0 Å². The summed E-state index contributed by atoms with van der Waals surface area (Å²) < 4.78 is 0.676. The first-order valence-electron chi connectivity index (χ1n) is 4.67. The first-order valence-corrected chi connectivity index (χ1v) is 4.67. The molecule has 0 aromatic rings. The molecule has 6 nitrogen and oxygen atoms in total. The van der Waals surface area contributed by atoms with Crippen molar-refractivity contribution in [2.75, 3.05) is 47.3 Å². The Bertz CT molecular complexity index is 224. The second-order valence-electron chi connectivity index (χ2n) is 4.51. The minimum absolute atomic E-state index is 0. The summed E-state index contributed by atoms with van der Waals surface area (Å²) >= 11 is 0. The fourth-order valence-electron chi connectivity index (χ4n) is 1.04. The van der Waals surface area contributed by atoms with Crippen LogP contribution in [0, 0.1) is 0 Å². The largest absolute Gasteiger partial charge is 1.00 e. The Labute approximate surface area is 106 Å². The number of carbonyl (C=O) groups is 2. The molecule has 0 aromatic carbocycles. The van der Waals surface area contributed by atoms with Gasteiger partial charge < -0.3 is 31.7 Å². The number of carboxylic acid groups (broad SMARTS) is 2. The fourth-order valence-corrected chi connectivity index (χ4v) is 1.04. The van der Waals surface area contributed by atoms with E-state index in [0.717, 1.165) is 0 Å². The Morgan fingerprint density at radius 3 is 1.69 bits per heavy atom. The summed E-state index contributed by atoms with van der Waals surface area (Å²) in [6.45, 7) is 0.710. The molecule has 0 radical (unpaired) electrons. The predicted molar refractivity (Wildman–Crippen MR) is 54.6 cm³/mol. The van der Waals surface area contributed by atoms with Gasteiger partial charge in [-0.1, -0.05) is 0 Å². The monoisotopic (exact) mass is 298 g/mol. The molecule has 96 valence electrons. The quantitative estimate of drug-likeness (QED) is 0.471. The molecule has 0 amide bonds. The number of rotatable bonds is 7. The molecule has 0 aliphatic heterocycles. The van der Waals surface area contributed by atoms with Crippen LogP contribution >= 0.6 is 0 Å². The highest BCUT2D eigenvalue weighted by Crippen LogP contribution is 1.94. The second kappa shape index (κ2) is 7.59. The van der Waals surface area contributed by atoms with Crippen LogP contribution in [-0.2, 0) is 9.59 Å². The van der Waals surface area contributed by atoms with Crippen molar-refractivity contribution in [1.82, 2.24) is 4.90 Å². The van der Waals surface area contributed by atoms with Gasteiger partial charge in [-0.05, 0) is 0 Å². The number of aliphatic carboxylic acids is 2. The third-order valence-corrected chi connectivity index (χ3v) is 1.80. The number of quaternary nitrogens is 1. The predicted octanol–water partition coefficient (Wildman–Crippen LogP) is -3.83. The molecule has 0 fully saturated rings. The molecule has 0 saturated heterocycles. The van der Waals surface area contributed by atoms with Crippen LogP contribution in [0.3, 0.4) is 0 Å². The van der Waals surface area contributed by atoms with Gasteiger partial charge in [-0.3, -0.25) is 14.5 Å². The van der Waals surface area contributed by atoms with Gasteiger partial charge in [0, 0.05) is 6.54 Å². The lowest BCUT2D eigenvalue weighted by atomic mass is 10.4. The molecule has 0 saturated carbocycles. The Hall–Kier alpha value is -0.660. The van der Waals surface area contributed by atoms with Crippen molar-refractivity contribution >= 4 is 11.9 Å². The summed E-state index contributed by atoms with van der Waals surface area (Å²) in [4.78, 5) is 22.4. The van der Waals surface area contributed by atoms with Gasteiger partial charge in [0.2, 0.25) is 0 Å². The zero-order chi connectivity index (χ0) is 12.1. The van der Waals surface area contributed by atoms with E-state index in [1.54, 1.807) is 0 Å². The van der Waals surface area contributed by atoms with Crippen molar-refractivity contribution in [2.24, 2.45) is 0 Å². The molecule has 0 aliphatic carbocycles.